The standard InChI is InChI=1S/C9H20N2O3.C7H8.C7H10.2C2H6/c1-9(2,3)14-8(13)11-5-4-7(12)6-10;1-7-5-3-2-4-6-7;1-4-6-7(3)5-2;2*1-2/h7,12H,4-6,10H2,1-3H3,(H,11,13);2-6H,1H3;4-6H,1-2H2,3H3;2*1-2H3/b;;7-6-;;. The quantitative estimate of drug-likeness (QED) is 0.428. The Labute approximate surface area is 198 Å². The Kier molecular flexibility index (Phi) is 30.8. The Morgan fingerprint density at radius 2 is 1.66 bits per heavy atom. The summed E-state index contributed by atoms with van der Waals surface area (Å²) in [7, 11) is 0. The fraction of sp³-hybridized carbons (Fsp3) is 0.519. The lowest BCUT2D eigenvalue weighted by Crippen LogP contribution is -2.34. The van der Waals surface area contributed by atoms with Crippen LogP contribution in [0.1, 0.15) is 67.4 Å². The Bertz CT molecular complexity index is 576. The van der Waals surface area contributed by atoms with Gasteiger partial charge in [-0.25, -0.2) is 4.79 Å². The van der Waals surface area contributed by atoms with Crippen LogP contribution < -0.4 is 11.1 Å². The van der Waals surface area contributed by atoms with E-state index in [1.54, 1.807) is 32.9 Å². The number of aryl methyl sites for hydroxylation is 1. The van der Waals surface area contributed by atoms with Crippen molar-refractivity contribution in [3.8, 4) is 0 Å². The molecule has 1 aromatic carbocycles. The lowest BCUT2D eigenvalue weighted by molar-refractivity contribution is 0.0519. The number of aliphatic hydroxyl groups excluding tert-OH is 1. The molecule has 5 heteroatoms. The summed E-state index contributed by atoms with van der Waals surface area (Å²) in [6, 6.07) is 10.3. The minimum atomic E-state index is -0.565. The molecule has 186 valence electrons. The van der Waals surface area contributed by atoms with Crippen molar-refractivity contribution in [1.29, 1.82) is 0 Å². The number of rotatable bonds is 6. The molecule has 0 aliphatic heterocycles. The molecule has 5 nitrogen and oxygen atoms in total. The van der Waals surface area contributed by atoms with Crippen molar-refractivity contribution in [3.63, 3.8) is 0 Å². The minimum absolute atomic E-state index is 0.204. The average Bonchev–Trinajstić information content (AvgIpc) is 2.76. The summed E-state index contributed by atoms with van der Waals surface area (Å²) in [5.74, 6) is 0. The van der Waals surface area contributed by atoms with Crippen molar-refractivity contribution < 1.29 is 14.6 Å². The van der Waals surface area contributed by atoms with E-state index in [-0.39, 0.29) is 6.54 Å². The molecule has 32 heavy (non-hydrogen) atoms. The molecule has 0 fully saturated rings. The van der Waals surface area contributed by atoms with Gasteiger partial charge in [0.25, 0.3) is 0 Å². The first-order valence-electron chi connectivity index (χ1n) is 11.3. The molecule has 0 bridgehead atoms. The van der Waals surface area contributed by atoms with Gasteiger partial charge in [-0.15, -0.1) is 0 Å². The molecule has 0 saturated heterocycles. The number of hydrogen-bond donors (Lipinski definition) is 3. The maximum atomic E-state index is 11.1. The number of ether oxygens (including phenoxy) is 1. The van der Waals surface area contributed by atoms with Gasteiger partial charge in [-0.1, -0.05) is 101 Å². The molecular formula is C27H50N2O3. The van der Waals surface area contributed by atoms with Gasteiger partial charge in [-0.05, 0) is 41.0 Å². The van der Waals surface area contributed by atoms with E-state index >= 15 is 0 Å². The van der Waals surface area contributed by atoms with Crippen LogP contribution >= 0.6 is 0 Å². The molecule has 1 unspecified atom stereocenters. The molecule has 1 amide bonds. The van der Waals surface area contributed by atoms with Gasteiger partial charge in [0.1, 0.15) is 5.60 Å². The molecule has 1 atom stereocenters. The highest BCUT2D eigenvalue weighted by molar-refractivity contribution is 5.67. The van der Waals surface area contributed by atoms with Gasteiger partial charge in [-0.3, -0.25) is 0 Å². The van der Waals surface area contributed by atoms with Gasteiger partial charge in [0.05, 0.1) is 6.10 Å². The summed E-state index contributed by atoms with van der Waals surface area (Å²) in [6.07, 6.45) is 4.85. The number of allylic oxidation sites excluding steroid dienone is 4. The largest absolute Gasteiger partial charge is 0.444 e. The van der Waals surface area contributed by atoms with Crippen molar-refractivity contribution in [3.05, 3.63) is 72.9 Å². The highest BCUT2D eigenvalue weighted by Crippen LogP contribution is 2.06. The second-order valence-corrected chi connectivity index (χ2v) is 7.11. The SMILES string of the molecule is C=C/C=C(/C)C=C.CC.CC.CC(C)(C)OC(=O)NCCC(O)CN.Cc1ccccc1. The van der Waals surface area contributed by atoms with Crippen LogP contribution in [0.15, 0.2) is 67.3 Å². The normalized spacial score (nSPS) is 10.5. The average molecular weight is 451 g/mol. The third-order valence-corrected chi connectivity index (χ3v) is 3.06. The smallest absolute Gasteiger partial charge is 0.407 e. The van der Waals surface area contributed by atoms with E-state index in [4.69, 9.17) is 15.6 Å². The van der Waals surface area contributed by atoms with E-state index in [1.807, 2.05) is 58.9 Å². The number of nitrogens with one attached hydrogen (secondary N) is 1. The zero-order valence-corrected chi connectivity index (χ0v) is 22.1. The van der Waals surface area contributed by atoms with Crippen molar-refractivity contribution in [1.82, 2.24) is 5.32 Å². The summed E-state index contributed by atoms with van der Waals surface area (Å²) in [5, 5.41) is 11.6. The highest BCUT2D eigenvalue weighted by Gasteiger charge is 2.15. The first-order chi connectivity index (χ1) is 15.1. The zero-order chi connectivity index (χ0) is 26.0. The van der Waals surface area contributed by atoms with Gasteiger partial charge in [0.15, 0.2) is 0 Å². The van der Waals surface area contributed by atoms with E-state index in [0.717, 1.165) is 5.57 Å². The summed E-state index contributed by atoms with van der Waals surface area (Å²) in [5.41, 5.74) is 7.18. The lowest BCUT2D eigenvalue weighted by Gasteiger charge is -2.19. The number of carbonyl (C=O) groups is 1. The molecule has 0 aliphatic rings. The van der Waals surface area contributed by atoms with Crippen LogP contribution in [0, 0.1) is 6.92 Å². The number of carbonyl (C=O) groups excluding carboxylic acids is 1. The number of hydrogen-bond acceptors (Lipinski definition) is 4. The minimum Gasteiger partial charge on any atom is -0.444 e. The molecular weight excluding hydrogens is 400 g/mol. The van der Waals surface area contributed by atoms with Gasteiger partial charge in [0.2, 0.25) is 0 Å². The molecule has 0 heterocycles. The van der Waals surface area contributed by atoms with Crippen molar-refractivity contribution in [2.75, 3.05) is 13.1 Å². The third-order valence-electron chi connectivity index (χ3n) is 3.06. The van der Waals surface area contributed by atoms with E-state index in [0.29, 0.717) is 13.0 Å². The lowest BCUT2D eigenvalue weighted by atomic mass is 10.2. The molecule has 0 spiro atoms. The van der Waals surface area contributed by atoms with Gasteiger partial charge in [-0.2, -0.15) is 0 Å². The highest BCUT2D eigenvalue weighted by atomic mass is 16.6. The van der Waals surface area contributed by atoms with Gasteiger partial charge < -0.3 is 20.9 Å². The maximum Gasteiger partial charge on any atom is 0.407 e. The summed E-state index contributed by atoms with van der Waals surface area (Å²) in [4.78, 5) is 11.1. The fourth-order valence-corrected chi connectivity index (χ4v) is 1.56. The van der Waals surface area contributed by atoms with Crippen LogP contribution in [0.2, 0.25) is 0 Å². The topological polar surface area (TPSA) is 84.6 Å². The zero-order valence-electron chi connectivity index (χ0n) is 22.1. The first-order valence-corrected chi connectivity index (χ1v) is 11.3. The third kappa shape index (κ3) is 35.1. The predicted molar refractivity (Wildman–Crippen MR) is 142 cm³/mol. The van der Waals surface area contributed by atoms with E-state index in [9.17, 15) is 4.79 Å². The molecule has 1 aromatic rings. The molecule has 0 saturated carbocycles. The Morgan fingerprint density at radius 3 is 1.94 bits per heavy atom. The Morgan fingerprint density at radius 1 is 1.16 bits per heavy atom. The van der Waals surface area contributed by atoms with Crippen LogP contribution in [0.5, 0.6) is 0 Å². The number of alkyl carbamates (subject to hydrolysis) is 1. The van der Waals surface area contributed by atoms with Crippen LogP contribution in [0.25, 0.3) is 0 Å². The van der Waals surface area contributed by atoms with Crippen LogP contribution in [-0.4, -0.2) is 36.0 Å². The van der Waals surface area contributed by atoms with Crippen LogP contribution in [0.3, 0.4) is 0 Å². The van der Waals surface area contributed by atoms with E-state index in [1.165, 1.54) is 5.56 Å². The van der Waals surface area contributed by atoms with Gasteiger partial charge >= 0.3 is 6.09 Å². The number of benzene rings is 1. The fourth-order valence-electron chi connectivity index (χ4n) is 1.56. The molecule has 1 rings (SSSR count). The number of aliphatic hydroxyl groups is 1. The monoisotopic (exact) mass is 450 g/mol. The summed E-state index contributed by atoms with van der Waals surface area (Å²) >= 11 is 0. The Hall–Kier alpha value is -2.37. The second kappa shape index (κ2) is 26.7. The molecule has 4 N–H and O–H groups in total. The molecule has 0 aliphatic carbocycles. The van der Waals surface area contributed by atoms with Gasteiger partial charge in [0, 0.05) is 13.1 Å². The van der Waals surface area contributed by atoms with Crippen LogP contribution in [-0.2, 0) is 4.74 Å². The molecule has 0 radical (unpaired) electrons. The summed E-state index contributed by atoms with van der Waals surface area (Å²) in [6.45, 7) is 25.1. The second-order valence-electron chi connectivity index (χ2n) is 7.11. The maximum absolute atomic E-state index is 11.1. The predicted octanol–water partition coefficient (Wildman–Crippen LogP) is 6.57. The van der Waals surface area contributed by atoms with Crippen molar-refractivity contribution in [2.24, 2.45) is 5.73 Å². The first kappa shape index (κ1) is 37.0. The summed E-state index contributed by atoms with van der Waals surface area (Å²) < 4.78 is 4.99. The number of nitrogens with two attached hydrogens (primary N) is 1. The van der Waals surface area contributed by atoms with Crippen molar-refractivity contribution >= 4 is 6.09 Å². The van der Waals surface area contributed by atoms with Crippen LogP contribution in [0.4, 0.5) is 4.79 Å². The van der Waals surface area contributed by atoms with E-state index in [2.05, 4.69) is 37.5 Å². The number of amides is 1. The molecule has 0 aromatic heterocycles. The van der Waals surface area contributed by atoms with Crippen molar-refractivity contribution in [2.45, 2.75) is 80.4 Å². The van der Waals surface area contributed by atoms with E-state index < -0.39 is 17.8 Å². The Balaban J connectivity index is -0.000000183.